The molecule has 0 saturated carbocycles. The molecule has 1 saturated heterocycles. The molecule has 6 heteroatoms. The summed E-state index contributed by atoms with van der Waals surface area (Å²) in [5.74, 6) is -1.23. The molecule has 2 rings (SSSR count). The number of halogens is 1. The molecular weight excluding hydrogens is 338 g/mol. The summed E-state index contributed by atoms with van der Waals surface area (Å²) < 4.78 is 0.663. The van der Waals surface area contributed by atoms with Gasteiger partial charge in [0, 0.05) is 11.0 Å². The molecule has 0 aromatic heterocycles. The summed E-state index contributed by atoms with van der Waals surface area (Å²) in [5.41, 5.74) is 0.138. The average molecular weight is 356 g/mol. The monoisotopic (exact) mass is 355 g/mol. The van der Waals surface area contributed by atoms with Crippen LogP contribution in [0.3, 0.4) is 0 Å². The molecule has 1 aromatic carbocycles. The van der Waals surface area contributed by atoms with E-state index in [0.29, 0.717) is 23.4 Å². The minimum atomic E-state index is -0.988. The number of phenols is 1. The van der Waals surface area contributed by atoms with E-state index in [1.54, 1.807) is 6.07 Å². The van der Waals surface area contributed by atoms with Gasteiger partial charge in [0.05, 0.1) is 5.56 Å². The van der Waals surface area contributed by atoms with E-state index in [4.69, 9.17) is 0 Å². The molecule has 0 aliphatic carbocycles. The van der Waals surface area contributed by atoms with Crippen molar-refractivity contribution in [2.24, 2.45) is 5.92 Å². The van der Waals surface area contributed by atoms with Gasteiger partial charge in [-0.3, -0.25) is 4.79 Å². The smallest absolute Gasteiger partial charge is 0.326 e. The fourth-order valence-corrected chi connectivity index (χ4v) is 3.08. The Morgan fingerprint density at radius 1 is 1.43 bits per heavy atom. The SMILES string of the molecule is CCC1CCN(C(=O)c2ccc(Br)cc2O)C(C(=O)O)C1. The Kier molecular flexibility index (Phi) is 4.88. The summed E-state index contributed by atoms with van der Waals surface area (Å²) >= 11 is 3.21. The summed E-state index contributed by atoms with van der Waals surface area (Å²) in [6.45, 7) is 2.44. The van der Waals surface area contributed by atoms with Gasteiger partial charge < -0.3 is 15.1 Å². The van der Waals surface area contributed by atoms with Crippen LogP contribution in [-0.2, 0) is 4.79 Å². The second kappa shape index (κ2) is 6.47. The number of carbonyl (C=O) groups excluding carboxylic acids is 1. The minimum absolute atomic E-state index is 0.138. The summed E-state index contributed by atoms with van der Waals surface area (Å²) in [4.78, 5) is 25.3. The van der Waals surface area contributed by atoms with Gasteiger partial charge in [0.2, 0.25) is 0 Å². The topological polar surface area (TPSA) is 77.8 Å². The zero-order valence-corrected chi connectivity index (χ0v) is 13.3. The van der Waals surface area contributed by atoms with Crippen molar-refractivity contribution < 1.29 is 19.8 Å². The van der Waals surface area contributed by atoms with Crippen LogP contribution in [0.5, 0.6) is 5.75 Å². The largest absolute Gasteiger partial charge is 0.507 e. The van der Waals surface area contributed by atoms with Gasteiger partial charge in [-0.05, 0) is 37.0 Å². The Morgan fingerprint density at radius 2 is 2.14 bits per heavy atom. The molecule has 2 atom stereocenters. The van der Waals surface area contributed by atoms with Crippen molar-refractivity contribution in [2.45, 2.75) is 32.2 Å². The lowest BCUT2D eigenvalue weighted by atomic mass is 9.88. The fourth-order valence-electron chi connectivity index (χ4n) is 2.73. The molecule has 5 nitrogen and oxygen atoms in total. The van der Waals surface area contributed by atoms with E-state index in [-0.39, 0.29) is 11.3 Å². The molecule has 0 radical (unpaired) electrons. The first-order valence-electron chi connectivity index (χ1n) is 6.96. The molecular formula is C15H18BrNO4. The van der Waals surface area contributed by atoms with Crippen molar-refractivity contribution in [1.82, 2.24) is 4.90 Å². The molecule has 114 valence electrons. The molecule has 1 aliphatic rings. The number of benzene rings is 1. The Bertz CT molecular complexity index is 561. The van der Waals surface area contributed by atoms with Gasteiger partial charge >= 0.3 is 5.97 Å². The van der Waals surface area contributed by atoms with Crippen molar-refractivity contribution in [3.05, 3.63) is 28.2 Å². The number of nitrogens with zero attached hydrogens (tertiary/aromatic N) is 1. The van der Waals surface area contributed by atoms with Crippen molar-refractivity contribution in [2.75, 3.05) is 6.54 Å². The third-order valence-electron chi connectivity index (χ3n) is 4.02. The van der Waals surface area contributed by atoms with Gasteiger partial charge in [-0.1, -0.05) is 29.3 Å². The molecule has 1 aliphatic heterocycles. The number of aromatic hydroxyl groups is 1. The molecule has 1 fully saturated rings. The lowest BCUT2D eigenvalue weighted by Crippen LogP contribution is -2.50. The maximum Gasteiger partial charge on any atom is 0.326 e. The van der Waals surface area contributed by atoms with Gasteiger partial charge in [-0.25, -0.2) is 4.79 Å². The standard InChI is InChI=1S/C15H18BrNO4/c1-2-9-5-6-17(12(7-9)15(20)21)14(19)11-4-3-10(16)8-13(11)18/h3-4,8-9,12,18H,2,5-7H2,1H3,(H,20,21). The Morgan fingerprint density at radius 3 is 2.71 bits per heavy atom. The number of likely N-dealkylation sites (tertiary alicyclic amines) is 1. The van der Waals surface area contributed by atoms with Crippen LogP contribution in [0.25, 0.3) is 0 Å². The molecule has 1 heterocycles. The van der Waals surface area contributed by atoms with Gasteiger partial charge in [0.15, 0.2) is 0 Å². The number of piperidine rings is 1. The number of aliphatic carboxylic acids is 1. The normalized spacial score (nSPS) is 22.1. The lowest BCUT2D eigenvalue weighted by molar-refractivity contribution is -0.144. The summed E-state index contributed by atoms with van der Waals surface area (Å²) in [6.07, 6.45) is 2.17. The first kappa shape index (κ1) is 15.8. The fraction of sp³-hybridized carbons (Fsp3) is 0.467. The second-order valence-electron chi connectivity index (χ2n) is 5.31. The van der Waals surface area contributed by atoms with Crippen molar-refractivity contribution >= 4 is 27.8 Å². The molecule has 2 N–H and O–H groups in total. The number of rotatable bonds is 3. The van der Waals surface area contributed by atoms with Crippen LogP contribution in [0.1, 0.15) is 36.5 Å². The summed E-state index contributed by atoms with van der Waals surface area (Å²) in [7, 11) is 0. The average Bonchev–Trinajstić information content (AvgIpc) is 2.46. The molecule has 0 spiro atoms. The molecule has 1 amide bonds. The maximum atomic E-state index is 12.5. The third-order valence-corrected chi connectivity index (χ3v) is 4.52. The van der Waals surface area contributed by atoms with Crippen molar-refractivity contribution in [3.63, 3.8) is 0 Å². The third kappa shape index (κ3) is 3.37. The van der Waals surface area contributed by atoms with Crippen LogP contribution in [-0.4, -0.2) is 39.6 Å². The predicted octanol–water partition coefficient (Wildman–Crippen LogP) is 2.87. The van der Waals surface area contributed by atoms with Crippen molar-refractivity contribution in [3.8, 4) is 5.75 Å². The molecule has 21 heavy (non-hydrogen) atoms. The van der Waals surface area contributed by atoms with E-state index in [2.05, 4.69) is 15.9 Å². The first-order chi connectivity index (χ1) is 9.93. The van der Waals surface area contributed by atoms with Crippen LogP contribution < -0.4 is 0 Å². The lowest BCUT2D eigenvalue weighted by Gasteiger charge is -2.37. The number of hydrogen-bond donors (Lipinski definition) is 2. The zero-order valence-electron chi connectivity index (χ0n) is 11.8. The zero-order chi connectivity index (χ0) is 15.6. The van der Waals surface area contributed by atoms with E-state index in [1.807, 2.05) is 6.92 Å². The Hall–Kier alpha value is -1.56. The minimum Gasteiger partial charge on any atom is -0.507 e. The van der Waals surface area contributed by atoms with E-state index in [0.717, 1.165) is 12.8 Å². The van der Waals surface area contributed by atoms with Crippen LogP contribution in [0, 0.1) is 5.92 Å². The molecule has 0 bridgehead atoms. The highest BCUT2D eigenvalue weighted by Crippen LogP contribution is 2.29. The number of carboxylic acids is 1. The van der Waals surface area contributed by atoms with Crippen LogP contribution in [0.15, 0.2) is 22.7 Å². The number of hydrogen-bond acceptors (Lipinski definition) is 3. The van der Waals surface area contributed by atoms with E-state index in [1.165, 1.54) is 17.0 Å². The van der Waals surface area contributed by atoms with Gasteiger partial charge in [-0.2, -0.15) is 0 Å². The predicted molar refractivity (Wildman–Crippen MR) is 81.3 cm³/mol. The highest BCUT2D eigenvalue weighted by atomic mass is 79.9. The summed E-state index contributed by atoms with van der Waals surface area (Å²) in [6, 6.07) is 3.77. The first-order valence-corrected chi connectivity index (χ1v) is 7.75. The Balaban J connectivity index is 2.26. The highest BCUT2D eigenvalue weighted by Gasteiger charge is 2.36. The number of carbonyl (C=O) groups is 2. The van der Waals surface area contributed by atoms with Gasteiger partial charge in [-0.15, -0.1) is 0 Å². The van der Waals surface area contributed by atoms with Crippen molar-refractivity contribution in [1.29, 1.82) is 0 Å². The Labute approximate surface area is 131 Å². The highest BCUT2D eigenvalue weighted by molar-refractivity contribution is 9.10. The van der Waals surface area contributed by atoms with E-state index < -0.39 is 17.9 Å². The summed E-state index contributed by atoms with van der Waals surface area (Å²) in [5, 5.41) is 19.3. The van der Waals surface area contributed by atoms with Crippen LogP contribution >= 0.6 is 15.9 Å². The molecule has 1 aromatic rings. The quantitative estimate of drug-likeness (QED) is 0.873. The van der Waals surface area contributed by atoms with Gasteiger partial charge in [0.25, 0.3) is 5.91 Å². The van der Waals surface area contributed by atoms with Crippen LogP contribution in [0.2, 0.25) is 0 Å². The van der Waals surface area contributed by atoms with E-state index >= 15 is 0 Å². The number of amides is 1. The van der Waals surface area contributed by atoms with Gasteiger partial charge in [0.1, 0.15) is 11.8 Å². The number of phenolic OH excluding ortho intramolecular Hbond substituents is 1. The number of carboxylic acid groups (broad SMARTS) is 1. The van der Waals surface area contributed by atoms with E-state index in [9.17, 15) is 19.8 Å². The molecule has 2 unspecified atom stereocenters. The van der Waals surface area contributed by atoms with Crippen LogP contribution in [0.4, 0.5) is 0 Å². The second-order valence-corrected chi connectivity index (χ2v) is 6.23. The maximum absolute atomic E-state index is 12.5.